The van der Waals surface area contributed by atoms with E-state index in [0.717, 1.165) is 26.8 Å². The first-order valence-corrected chi connectivity index (χ1v) is 9.43. The Morgan fingerprint density at radius 1 is 1.00 bits per heavy atom. The zero-order chi connectivity index (χ0) is 21.6. The number of pyridine rings is 1. The number of amides is 1. The van der Waals surface area contributed by atoms with Gasteiger partial charge in [-0.2, -0.15) is 0 Å². The number of benzene rings is 2. The number of aromatic nitrogens is 2. The van der Waals surface area contributed by atoms with Gasteiger partial charge in [-0.3, -0.25) is 15.0 Å². The van der Waals surface area contributed by atoms with E-state index in [1.54, 1.807) is 36.4 Å². The van der Waals surface area contributed by atoms with Gasteiger partial charge in [0.1, 0.15) is 0 Å². The third-order valence-electron chi connectivity index (χ3n) is 5.62. The lowest BCUT2D eigenvalue weighted by atomic mass is 10.1. The van der Waals surface area contributed by atoms with Crippen molar-refractivity contribution in [2.24, 2.45) is 7.05 Å². The van der Waals surface area contributed by atoms with E-state index in [0.29, 0.717) is 16.3 Å². The van der Waals surface area contributed by atoms with Crippen LogP contribution >= 0.6 is 0 Å². The number of ether oxygens (including phenoxy) is 1. The first kappa shape index (κ1) is 19.4. The maximum Gasteiger partial charge on any atom is 0.340 e. The van der Waals surface area contributed by atoms with Crippen molar-refractivity contribution in [1.29, 1.82) is 0 Å². The van der Waals surface area contributed by atoms with E-state index in [2.05, 4.69) is 9.99 Å². The van der Waals surface area contributed by atoms with Crippen LogP contribution < -0.4 is 11.0 Å². The Bertz CT molecular complexity index is 1400. The van der Waals surface area contributed by atoms with Crippen LogP contribution in [0.3, 0.4) is 0 Å². The summed E-state index contributed by atoms with van der Waals surface area (Å²) in [5.74, 6) is -1.04. The molecule has 4 aromatic rings. The van der Waals surface area contributed by atoms with Crippen molar-refractivity contribution in [3.8, 4) is 0 Å². The van der Waals surface area contributed by atoms with Crippen LogP contribution in [0, 0.1) is 13.8 Å². The lowest BCUT2D eigenvalue weighted by Gasteiger charge is -2.12. The van der Waals surface area contributed by atoms with Crippen LogP contribution in [-0.4, -0.2) is 28.2 Å². The van der Waals surface area contributed by atoms with Gasteiger partial charge in [0.25, 0.3) is 11.5 Å². The highest BCUT2D eigenvalue weighted by atomic mass is 16.5. The highest BCUT2D eigenvalue weighted by molar-refractivity contribution is 6.05. The van der Waals surface area contributed by atoms with Crippen LogP contribution in [0.5, 0.6) is 0 Å². The SMILES string of the molecule is COC(=O)c1cn(NC(=O)c2ccc3c(c2)c(C)c(C)n3C)c(=O)c2ccccc12. The molecule has 0 spiro atoms. The first-order valence-electron chi connectivity index (χ1n) is 9.43. The number of carbonyl (C=O) groups is 2. The Kier molecular flexibility index (Phi) is 4.66. The van der Waals surface area contributed by atoms with E-state index >= 15 is 0 Å². The van der Waals surface area contributed by atoms with Crippen LogP contribution in [0.1, 0.15) is 32.0 Å². The molecule has 0 unspecified atom stereocenters. The molecule has 0 aliphatic carbocycles. The van der Waals surface area contributed by atoms with Crippen LogP contribution in [-0.2, 0) is 11.8 Å². The molecule has 1 amide bonds. The van der Waals surface area contributed by atoms with E-state index in [9.17, 15) is 14.4 Å². The van der Waals surface area contributed by atoms with E-state index in [4.69, 9.17) is 4.74 Å². The fraction of sp³-hybridized carbons (Fsp3) is 0.174. The molecule has 4 rings (SSSR count). The normalized spacial score (nSPS) is 11.1. The second-order valence-corrected chi connectivity index (χ2v) is 7.20. The molecule has 2 aromatic heterocycles. The number of nitrogens with one attached hydrogen (secondary N) is 1. The topological polar surface area (TPSA) is 82.3 Å². The minimum absolute atomic E-state index is 0.193. The molecule has 0 fully saturated rings. The molecule has 2 heterocycles. The first-order chi connectivity index (χ1) is 14.3. The number of nitrogens with zero attached hydrogens (tertiary/aromatic N) is 2. The maximum atomic E-state index is 12.9. The molecule has 0 aliphatic heterocycles. The number of rotatable bonds is 3. The third-order valence-corrected chi connectivity index (χ3v) is 5.62. The summed E-state index contributed by atoms with van der Waals surface area (Å²) in [4.78, 5) is 38.0. The molecule has 30 heavy (non-hydrogen) atoms. The summed E-state index contributed by atoms with van der Waals surface area (Å²) in [6.45, 7) is 4.04. The van der Waals surface area contributed by atoms with Gasteiger partial charge in [0.15, 0.2) is 0 Å². The molecular weight excluding hydrogens is 382 g/mol. The van der Waals surface area contributed by atoms with E-state index in [1.807, 2.05) is 27.0 Å². The Morgan fingerprint density at radius 3 is 2.40 bits per heavy atom. The summed E-state index contributed by atoms with van der Waals surface area (Å²) >= 11 is 0. The van der Waals surface area contributed by atoms with Crippen LogP contribution in [0.2, 0.25) is 0 Å². The van der Waals surface area contributed by atoms with Crippen molar-refractivity contribution in [3.63, 3.8) is 0 Å². The van der Waals surface area contributed by atoms with E-state index in [-0.39, 0.29) is 5.56 Å². The fourth-order valence-corrected chi connectivity index (χ4v) is 3.72. The van der Waals surface area contributed by atoms with E-state index in [1.165, 1.54) is 13.3 Å². The van der Waals surface area contributed by atoms with Crippen molar-refractivity contribution in [1.82, 2.24) is 9.24 Å². The Morgan fingerprint density at radius 2 is 1.70 bits per heavy atom. The molecule has 0 saturated carbocycles. The number of aryl methyl sites for hydroxylation is 2. The molecule has 0 saturated heterocycles. The molecule has 0 aliphatic rings. The molecule has 0 atom stereocenters. The van der Waals surface area contributed by atoms with Gasteiger partial charge in [-0.25, -0.2) is 9.47 Å². The zero-order valence-corrected chi connectivity index (χ0v) is 17.1. The Balaban J connectivity index is 1.79. The van der Waals surface area contributed by atoms with E-state index < -0.39 is 17.4 Å². The quantitative estimate of drug-likeness (QED) is 0.532. The summed E-state index contributed by atoms with van der Waals surface area (Å²) in [6.07, 6.45) is 1.30. The summed E-state index contributed by atoms with van der Waals surface area (Å²) in [7, 11) is 3.25. The lowest BCUT2D eigenvalue weighted by Crippen LogP contribution is -2.33. The number of hydrogen-bond acceptors (Lipinski definition) is 4. The number of methoxy groups -OCH3 is 1. The third kappa shape index (κ3) is 2.95. The second-order valence-electron chi connectivity index (χ2n) is 7.20. The molecule has 152 valence electrons. The summed E-state index contributed by atoms with van der Waals surface area (Å²) in [5, 5.41) is 1.76. The van der Waals surface area contributed by atoms with Gasteiger partial charge in [0.2, 0.25) is 0 Å². The summed E-state index contributed by atoms with van der Waals surface area (Å²) in [6, 6.07) is 12.1. The molecule has 1 N–H and O–H groups in total. The van der Waals surface area contributed by atoms with Gasteiger partial charge in [-0.05, 0) is 43.7 Å². The zero-order valence-electron chi connectivity index (χ0n) is 17.1. The summed E-state index contributed by atoms with van der Waals surface area (Å²) in [5.41, 5.74) is 6.01. The number of hydrogen-bond donors (Lipinski definition) is 1. The van der Waals surface area contributed by atoms with Crippen molar-refractivity contribution < 1.29 is 14.3 Å². The number of carbonyl (C=O) groups excluding carboxylic acids is 2. The van der Waals surface area contributed by atoms with Crippen molar-refractivity contribution in [2.45, 2.75) is 13.8 Å². The van der Waals surface area contributed by atoms with Crippen LogP contribution in [0.25, 0.3) is 21.7 Å². The average Bonchev–Trinajstić information content (AvgIpc) is 2.98. The average molecular weight is 403 g/mol. The van der Waals surface area contributed by atoms with Gasteiger partial charge in [0, 0.05) is 46.2 Å². The standard InChI is InChI=1S/C23H21N3O4/c1-13-14(2)25(3)20-10-9-15(11-18(13)20)21(27)24-26-12-19(23(29)30-4)16-7-5-6-8-17(16)22(26)28/h5-12H,1-4H3,(H,24,27). The van der Waals surface area contributed by atoms with Crippen molar-refractivity contribution in [3.05, 3.63) is 81.4 Å². The van der Waals surface area contributed by atoms with Crippen LogP contribution in [0.4, 0.5) is 0 Å². The molecular formula is C23H21N3O4. The minimum Gasteiger partial charge on any atom is -0.465 e. The minimum atomic E-state index is -0.592. The molecule has 7 nitrogen and oxygen atoms in total. The highest BCUT2D eigenvalue weighted by Crippen LogP contribution is 2.25. The van der Waals surface area contributed by atoms with Crippen molar-refractivity contribution >= 4 is 33.6 Å². The predicted octanol–water partition coefficient (Wildman–Crippen LogP) is 3.28. The number of esters is 1. The monoisotopic (exact) mass is 403 g/mol. The Labute approximate surface area is 172 Å². The number of fused-ring (bicyclic) bond motifs is 2. The molecule has 7 heteroatoms. The summed E-state index contributed by atoms with van der Waals surface area (Å²) < 4.78 is 7.94. The second kappa shape index (κ2) is 7.18. The van der Waals surface area contributed by atoms with Gasteiger partial charge in [-0.1, -0.05) is 18.2 Å². The van der Waals surface area contributed by atoms with Crippen molar-refractivity contribution in [2.75, 3.05) is 12.5 Å². The molecule has 0 radical (unpaired) electrons. The van der Waals surface area contributed by atoms with Gasteiger partial charge in [0.05, 0.1) is 12.7 Å². The molecule has 2 aromatic carbocycles. The van der Waals surface area contributed by atoms with Crippen LogP contribution in [0.15, 0.2) is 53.5 Å². The predicted molar refractivity (Wildman–Crippen MR) is 116 cm³/mol. The van der Waals surface area contributed by atoms with Gasteiger partial charge in [-0.15, -0.1) is 0 Å². The molecule has 0 bridgehead atoms. The highest BCUT2D eigenvalue weighted by Gasteiger charge is 2.17. The largest absolute Gasteiger partial charge is 0.465 e. The lowest BCUT2D eigenvalue weighted by molar-refractivity contribution is 0.0601. The van der Waals surface area contributed by atoms with Gasteiger partial charge >= 0.3 is 5.97 Å². The fourth-order valence-electron chi connectivity index (χ4n) is 3.72. The Hall–Kier alpha value is -3.87. The maximum absolute atomic E-state index is 12.9. The van der Waals surface area contributed by atoms with Gasteiger partial charge < -0.3 is 9.30 Å². The smallest absolute Gasteiger partial charge is 0.340 e.